The van der Waals surface area contributed by atoms with Gasteiger partial charge in [0.1, 0.15) is 12.1 Å². The maximum absolute atomic E-state index is 11.6. The monoisotopic (exact) mass is 414 g/mol. The van der Waals surface area contributed by atoms with E-state index in [1.165, 1.54) is 6.33 Å². The highest BCUT2D eigenvalue weighted by molar-refractivity contribution is 9.10. The molecule has 0 atom stereocenters. The van der Waals surface area contributed by atoms with Crippen molar-refractivity contribution in [1.82, 2.24) is 9.97 Å². The third kappa shape index (κ3) is 3.97. The van der Waals surface area contributed by atoms with Gasteiger partial charge in [0, 0.05) is 4.47 Å². The molecule has 0 amide bonds. The molecule has 0 aliphatic rings. The number of benzene rings is 2. The number of nitrogens with one attached hydrogen (secondary N) is 1. The SMILES string of the molecule is CCc1ccc(Oc2ncnc(Nc3ccccc3Br)c2[N+](=O)[O-])cc1. The van der Waals surface area contributed by atoms with Gasteiger partial charge in [-0.15, -0.1) is 0 Å². The predicted molar refractivity (Wildman–Crippen MR) is 102 cm³/mol. The minimum atomic E-state index is -0.561. The molecule has 2 aromatic carbocycles. The van der Waals surface area contributed by atoms with Crippen molar-refractivity contribution in [3.8, 4) is 11.6 Å². The Hall–Kier alpha value is -3.00. The van der Waals surface area contributed by atoms with E-state index in [9.17, 15) is 10.1 Å². The largest absolute Gasteiger partial charge is 0.434 e. The second kappa shape index (κ2) is 7.92. The fourth-order valence-electron chi connectivity index (χ4n) is 2.29. The van der Waals surface area contributed by atoms with Crippen LogP contribution >= 0.6 is 15.9 Å². The molecule has 0 spiro atoms. The number of hydrogen-bond acceptors (Lipinski definition) is 6. The van der Waals surface area contributed by atoms with Gasteiger partial charge in [-0.2, -0.15) is 4.98 Å². The van der Waals surface area contributed by atoms with Gasteiger partial charge in [-0.3, -0.25) is 10.1 Å². The van der Waals surface area contributed by atoms with Gasteiger partial charge in [0.05, 0.1) is 10.6 Å². The molecule has 1 N–H and O–H groups in total. The second-order valence-electron chi connectivity index (χ2n) is 5.34. The molecule has 0 aliphatic carbocycles. The molecule has 0 saturated heterocycles. The lowest BCUT2D eigenvalue weighted by Crippen LogP contribution is -2.03. The van der Waals surface area contributed by atoms with Crippen molar-refractivity contribution >= 4 is 33.1 Å². The van der Waals surface area contributed by atoms with Gasteiger partial charge in [0.2, 0.25) is 5.82 Å². The summed E-state index contributed by atoms with van der Waals surface area (Å²) in [4.78, 5) is 19.0. The van der Waals surface area contributed by atoms with Crippen molar-refractivity contribution in [3.05, 3.63) is 75.0 Å². The van der Waals surface area contributed by atoms with Crippen LogP contribution < -0.4 is 10.1 Å². The first kappa shape index (κ1) is 17.8. The third-order valence-corrected chi connectivity index (χ3v) is 4.34. The number of aromatic nitrogens is 2. The van der Waals surface area contributed by atoms with E-state index in [1.807, 2.05) is 37.3 Å². The zero-order valence-electron chi connectivity index (χ0n) is 13.8. The van der Waals surface area contributed by atoms with Crippen molar-refractivity contribution < 1.29 is 9.66 Å². The minimum absolute atomic E-state index is 0.0529. The van der Waals surface area contributed by atoms with Crippen molar-refractivity contribution in [2.45, 2.75) is 13.3 Å². The Morgan fingerprint density at radius 1 is 1.15 bits per heavy atom. The zero-order valence-corrected chi connectivity index (χ0v) is 15.4. The van der Waals surface area contributed by atoms with E-state index in [-0.39, 0.29) is 17.4 Å². The maximum Gasteiger partial charge on any atom is 0.373 e. The lowest BCUT2D eigenvalue weighted by Gasteiger charge is -2.10. The third-order valence-electron chi connectivity index (χ3n) is 3.64. The topological polar surface area (TPSA) is 90.2 Å². The van der Waals surface area contributed by atoms with Crippen molar-refractivity contribution in [3.63, 3.8) is 0 Å². The number of ether oxygens (including phenoxy) is 1. The van der Waals surface area contributed by atoms with Gasteiger partial charge >= 0.3 is 11.6 Å². The quantitative estimate of drug-likeness (QED) is 0.437. The van der Waals surface area contributed by atoms with Gasteiger partial charge in [-0.25, -0.2) is 4.98 Å². The molecule has 1 aromatic heterocycles. The number of hydrogen-bond donors (Lipinski definition) is 1. The first-order valence-electron chi connectivity index (χ1n) is 7.86. The van der Waals surface area contributed by atoms with Gasteiger partial charge in [-0.1, -0.05) is 31.2 Å². The summed E-state index contributed by atoms with van der Waals surface area (Å²) in [5.41, 5.74) is 1.46. The Kier molecular flexibility index (Phi) is 5.43. The van der Waals surface area contributed by atoms with Crippen LogP contribution in [0.25, 0.3) is 0 Å². The Balaban J connectivity index is 1.95. The van der Waals surface area contributed by atoms with E-state index in [4.69, 9.17) is 4.74 Å². The average molecular weight is 415 g/mol. The summed E-state index contributed by atoms with van der Waals surface area (Å²) >= 11 is 3.39. The molecule has 0 saturated carbocycles. The maximum atomic E-state index is 11.6. The lowest BCUT2D eigenvalue weighted by molar-refractivity contribution is -0.385. The molecule has 7 nitrogen and oxygen atoms in total. The van der Waals surface area contributed by atoms with Gasteiger partial charge < -0.3 is 10.1 Å². The van der Waals surface area contributed by atoms with Crippen LogP contribution in [0.5, 0.6) is 11.6 Å². The summed E-state index contributed by atoms with van der Waals surface area (Å²) in [5, 5.41) is 14.5. The van der Waals surface area contributed by atoms with Crippen LogP contribution in [0, 0.1) is 10.1 Å². The molecule has 0 bridgehead atoms. The Bertz CT molecular complexity index is 932. The average Bonchev–Trinajstić information content (AvgIpc) is 2.64. The fourth-order valence-corrected chi connectivity index (χ4v) is 2.67. The number of para-hydroxylation sites is 1. The van der Waals surface area contributed by atoms with Crippen molar-refractivity contribution in [2.75, 3.05) is 5.32 Å². The normalized spacial score (nSPS) is 10.4. The molecule has 3 rings (SSSR count). The molecule has 132 valence electrons. The summed E-state index contributed by atoms with van der Waals surface area (Å²) in [6, 6.07) is 14.6. The Morgan fingerprint density at radius 2 is 1.88 bits per heavy atom. The van der Waals surface area contributed by atoms with Crippen molar-refractivity contribution in [1.29, 1.82) is 0 Å². The van der Waals surface area contributed by atoms with E-state index < -0.39 is 4.92 Å². The zero-order chi connectivity index (χ0) is 18.5. The van der Waals surface area contributed by atoms with Gasteiger partial charge in [0.25, 0.3) is 0 Å². The molecular weight excluding hydrogens is 400 g/mol. The summed E-state index contributed by atoms with van der Waals surface area (Å²) in [6.07, 6.45) is 2.12. The van der Waals surface area contributed by atoms with Crippen LogP contribution in [0.3, 0.4) is 0 Å². The highest BCUT2D eigenvalue weighted by Gasteiger charge is 2.25. The predicted octanol–water partition coefficient (Wildman–Crippen LogP) is 5.25. The molecule has 0 fully saturated rings. The number of anilines is 2. The fraction of sp³-hybridized carbons (Fsp3) is 0.111. The van der Waals surface area contributed by atoms with E-state index in [0.29, 0.717) is 11.4 Å². The summed E-state index contributed by atoms with van der Waals surface area (Å²) in [7, 11) is 0. The van der Waals surface area contributed by atoms with Crippen LogP contribution in [0.1, 0.15) is 12.5 Å². The summed E-state index contributed by atoms with van der Waals surface area (Å²) in [6.45, 7) is 2.05. The lowest BCUT2D eigenvalue weighted by atomic mass is 10.2. The highest BCUT2D eigenvalue weighted by Crippen LogP contribution is 2.36. The number of aryl methyl sites for hydroxylation is 1. The van der Waals surface area contributed by atoms with E-state index in [2.05, 4.69) is 31.2 Å². The smallest absolute Gasteiger partial charge is 0.373 e. The van der Waals surface area contributed by atoms with E-state index >= 15 is 0 Å². The molecule has 26 heavy (non-hydrogen) atoms. The molecule has 1 heterocycles. The Morgan fingerprint density at radius 3 is 2.54 bits per heavy atom. The van der Waals surface area contributed by atoms with Gasteiger partial charge in [-0.05, 0) is 52.2 Å². The number of halogens is 1. The van der Waals surface area contributed by atoms with E-state index in [0.717, 1.165) is 16.5 Å². The Labute approximate surface area is 158 Å². The van der Waals surface area contributed by atoms with Crippen LogP contribution in [-0.2, 0) is 6.42 Å². The van der Waals surface area contributed by atoms with Crippen molar-refractivity contribution in [2.24, 2.45) is 0 Å². The molecule has 3 aromatic rings. The standard InChI is InChI=1S/C18H15BrN4O3/c1-2-12-7-9-13(10-8-12)26-18-16(23(24)25)17(20-11-21-18)22-15-6-4-3-5-14(15)19/h3-11H,2H2,1H3,(H,20,21,22). The number of rotatable bonds is 6. The molecular formula is C18H15BrN4O3. The number of nitrogens with zero attached hydrogens (tertiary/aromatic N) is 3. The minimum Gasteiger partial charge on any atom is -0.434 e. The molecule has 8 heteroatoms. The molecule has 0 radical (unpaired) electrons. The number of nitro groups is 1. The van der Waals surface area contributed by atoms with Crippen LogP contribution in [0.2, 0.25) is 0 Å². The summed E-state index contributed by atoms with van der Waals surface area (Å²) in [5.74, 6) is 0.400. The van der Waals surface area contributed by atoms with Crippen LogP contribution in [0.4, 0.5) is 17.2 Å². The molecule has 0 aliphatic heterocycles. The first-order valence-corrected chi connectivity index (χ1v) is 8.65. The second-order valence-corrected chi connectivity index (χ2v) is 6.19. The van der Waals surface area contributed by atoms with Gasteiger partial charge in [0.15, 0.2) is 0 Å². The van der Waals surface area contributed by atoms with Crippen LogP contribution in [-0.4, -0.2) is 14.9 Å². The first-order chi connectivity index (χ1) is 12.6. The summed E-state index contributed by atoms with van der Waals surface area (Å²) < 4.78 is 6.39. The molecule has 0 unspecified atom stereocenters. The highest BCUT2D eigenvalue weighted by atomic mass is 79.9. The van der Waals surface area contributed by atoms with Crippen LogP contribution in [0.15, 0.2) is 59.3 Å². The van der Waals surface area contributed by atoms with E-state index in [1.54, 1.807) is 18.2 Å².